The van der Waals surface area contributed by atoms with Gasteiger partial charge in [-0.2, -0.15) is 0 Å². The van der Waals surface area contributed by atoms with Gasteiger partial charge in [0.25, 0.3) is 0 Å². The summed E-state index contributed by atoms with van der Waals surface area (Å²) in [5, 5.41) is 0. The van der Waals surface area contributed by atoms with Crippen LogP contribution in [0.4, 0.5) is 0 Å². The molecule has 1 unspecified atom stereocenters. The van der Waals surface area contributed by atoms with Crippen LogP contribution in [-0.2, 0) is 28.6 Å². The van der Waals surface area contributed by atoms with E-state index in [1.165, 1.54) is 308 Å². The predicted octanol–water partition coefficient (Wildman–Crippen LogP) is 26.1. The average Bonchev–Trinajstić information content (AvgIpc) is 3.50. The molecule has 0 aromatic carbocycles. The number of hydrogen-bond acceptors (Lipinski definition) is 6. The lowest BCUT2D eigenvalue weighted by Crippen LogP contribution is -2.30. The van der Waals surface area contributed by atoms with Crippen molar-refractivity contribution in [1.82, 2.24) is 0 Å². The van der Waals surface area contributed by atoms with Crippen LogP contribution in [0.1, 0.15) is 432 Å². The maximum Gasteiger partial charge on any atom is 0.306 e. The Bertz CT molecular complexity index is 1340. The molecule has 0 rings (SSSR count). The highest BCUT2D eigenvalue weighted by molar-refractivity contribution is 5.71. The third-order valence-electron chi connectivity index (χ3n) is 17.4. The van der Waals surface area contributed by atoms with Crippen molar-refractivity contribution in [1.29, 1.82) is 0 Å². The molecule has 0 aliphatic carbocycles. The zero-order chi connectivity index (χ0) is 59.9. The van der Waals surface area contributed by atoms with Crippen molar-refractivity contribution in [3.8, 4) is 0 Å². The summed E-state index contributed by atoms with van der Waals surface area (Å²) >= 11 is 0. The summed E-state index contributed by atoms with van der Waals surface area (Å²) in [5.41, 5.74) is 0. The molecule has 1 atom stereocenters. The fourth-order valence-electron chi connectivity index (χ4n) is 11.8. The van der Waals surface area contributed by atoms with Crippen LogP contribution >= 0.6 is 0 Å². The second kappa shape index (κ2) is 72.4. The van der Waals surface area contributed by atoms with Gasteiger partial charge in [0.15, 0.2) is 6.10 Å². The fourth-order valence-corrected chi connectivity index (χ4v) is 11.8. The molecule has 0 radical (unpaired) electrons. The summed E-state index contributed by atoms with van der Waals surface area (Å²) < 4.78 is 17.0. The monoisotopic (exact) mass is 1170 g/mol. The van der Waals surface area contributed by atoms with E-state index in [0.29, 0.717) is 19.3 Å². The summed E-state index contributed by atoms with van der Waals surface area (Å²) in [6.07, 6.45) is 89.6. The molecule has 0 saturated carbocycles. The Morgan fingerprint density at radius 2 is 0.458 bits per heavy atom. The zero-order valence-electron chi connectivity index (χ0n) is 56.5. The van der Waals surface area contributed by atoms with Crippen molar-refractivity contribution in [2.75, 3.05) is 13.2 Å². The van der Waals surface area contributed by atoms with Crippen molar-refractivity contribution in [3.05, 3.63) is 24.3 Å². The van der Waals surface area contributed by atoms with E-state index in [0.717, 1.165) is 83.5 Å². The normalized spacial score (nSPS) is 12.1. The summed E-state index contributed by atoms with van der Waals surface area (Å²) in [5.74, 6) is -0.851. The molecule has 6 nitrogen and oxygen atoms in total. The molecule has 0 fully saturated rings. The Balaban J connectivity index is 4.07. The molecule has 6 heteroatoms. The molecule has 0 aromatic heterocycles. The maximum atomic E-state index is 12.9. The molecule has 0 heterocycles. The summed E-state index contributed by atoms with van der Waals surface area (Å²) in [7, 11) is 0. The molecular formula is C77H146O6. The van der Waals surface area contributed by atoms with E-state index in [2.05, 4.69) is 45.1 Å². The number of hydrogen-bond donors (Lipinski definition) is 0. The topological polar surface area (TPSA) is 78.9 Å². The molecule has 0 bridgehead atoms. The Hall–Kier alpha value is -2.11. The van der Waals surface area contributed by atoms with E-state index in [4.69, 9.17) is 14.2 Å². The van der Waals surface area contributed by atoms with Crippen LogP contribution in [0, 0.1) is 0 Å². The first kappa shape index (κ1) is 80.9. The van der Waals surface area contributed by atoms with E-state index in [1.54, 1.807) is 0 Å². The van der Waals surface area contributed by atoms with Gasteiger partial charge in [0.2, 0.25) is 0 Å². The van der Waals surface area contributed by atoms with Crippen molar-refractivity contribution in [2.24, 2.45) is 0 Å². The standard InChI is InChI=1S/C77H146O6/c1-4-7-10-13-16-19-22-25-27-29-31-32-33-34-35-36-37-38-39-40-41-42-43-44-45-46-48-49-52-55-58-61-64-67-70-76(79)82-73-74(72-81-75(78)69-66-63-60-57-54-51-24-21-18-15-12-9-6-3)83-77(80)71-68-65-62-59-56-53-50-47-30-28-26-23-20-17-14-11-8-5-2/h12,15,21,24,74H,4-11,13-14,16-20,22-23,25-73H2,1-3H3/b15-12-,24-21-. The molecule has 0 aromatic rings. The number of esters is 3. The van der Waals surface area contributed by atoms with E-state index in [-0.39, 0.29) is 31.1 Å². The number of ether oxygens (including phenoxy) is 3. The van der Waals surface area contributed by atoms with E-state index < -0.39 is 6.10 Å². The van der Waals surface area contributed by atoms with Gasteiger partial charge in [-0.3, -0.25) is 14.4 Å². The molecule has 0 aliphatic heterocycles. The molecule has 0 spiro atoms. The number of rotatable bonds is 71. The average molecular weight is 1170 g/mol. The van der Waals surface area contributed by atoms with Gasteiger partial charge < -0.3 is 14.2 Å². The van der Waals surface area contributed by atoms with E-state index in [1.807, 2.05) is 0 Å². The zero-order valence-corrected chi connectivity index (χ0v) is 56.5. The molecule has 0 saturated heterocycles. The lowest BCUT2D eigenvalue weighted by Gasteiger charge is -2.18. The highest BCUT2D eigenvalue weighted by Gasteiger charge is 2.20. The highest BCUT2D eigenvalue weighted by atomic mass is 16.6. The number of carbonyl (C=O) groups excluding carboxylic acids is 3. The highest BCUT2D eigenvalue weighted by Crippen LogP contribution is 2.20. The second-order valence-corrected chi connectivity index (χ2v) is 25.9. The van der Waals surface area contributed by atoms with Crippen LogP contribution in [0.5, 0.6) is 0 Å². The van der Waals surface area contributed by atoms with Gasteiger partial charge >= 0.3 is 17.9 Å². The quantitative estimate of drug-likeness (QED) is 0.0261. The van der Waals surface area contributed by atoms with Crippen LogP contribution < -0.4 is 0 Å². The Morgan fingerprint density at radius 3 is 0.711 bits per heavy atom. The first-order chi connectivity index (χ1) is 41.0. The molecule has 490 valence electrons. The van der Waals surface area contributed by atoms with Gasteiger partial charge in [0.05, 0.1) is 0 Å². The van der Waals surface area contributed by atoms with Crippen LogP contribution in [0.15, 0.2) is 24.3 Å². The Morgan fingerprint density at radius 1 is 0.241 bits per heavy atom. The Labute approximate surface area is 519 Å². The molecule has 0 aliphatic rings. The lowest BCUT2D eigenvalue weighted by molar-refractivity contribution is -0.167. The maximum absolute atomic E-state index is 12.9. The largest absolute Gasteiger partial charge is 0.462 e. The minimum absolute atomic E-state index is 0.0693. The van der Waals surface area contributed by atoms with Gasteiger partial charge in [-0.1, -0.05) is 392 Å². The molecule has 83 heavy (non-hydrogen) atoms. The third-order valence-corrected chi connectivity index (χ3v) is 17.4. The van der Waals surface area contributed by atoms with Crippen LogP contribution in [0.2, 0.25) is 0 Å². The van der Waals surface area contributed by atoms with Crippen molar-refractivity contribution in [2.45, 2.75) is 438 Å². The van der Waals surface area contributed by atoms with Crippen LogP contribution in [0.25, 0.3) is 0 Å². The number of carbonyl (C=O) groups is 3. The molecule has 0 N–H and O–H groups in total. The Kier molecular flexibility index (Phi) is 70.5. The minimum atomic E-state index is -0.774. The SMILES string of the molecule is CCC/C=C\C/C=C\CCCCCCCC(=O)OCC(COC(=O)CCCCCCCCCCCCCCCCCCCCCCCCCCCCCCCCCCCC)OC(=O)CCCCCCCCCCCCCCCCCCCC. The minimum Gasteiger partial charge on any atom is -0.462 e. The van der Waals surface area contributed by atoms with Crippen LogP contribution in [0.3, 0.4) is 0 Å². The van der Waals surface area contributed by atoms with Crippen molar-refractivity contribution in [3.63, 3.8) is 0 Å². The smallest absolute Gasteiger partial charge is 0.306 e. The van der Waals surface area contributed by atoms with E-state index in [9.17, 15) is 14.4 Å². The van der Waals surface area contributed by atoms with Crippen molar-refractivity contribution >= 4 is 17.9 Å². The lowest BCUT2D eigenvalue weighted by atomic mass is 10.0. The summed E-state index contributed by atoms with van der Waals surface area (Å²) in [6, 6.07) is 0. The predicted molar refractivity (Wildman–Crippen MR) is 363 cm³/mol. The first-order valence-electron chi connectivity index (χ1n) is 37.8. The molecular weight excluding hydrogens is 1020 g/mol. The molecule has 0 amide bonds. The third kappa shape index (κ3) is 70.5. The fraction of sp³-hybridized carbons (Fsp3) is 0.909. The summed E-state index contributed by atoms with van der Waals surface area (Å²) in [4.78, 5) is 38.4. The number of allylic oxidation sites excluding steroid dienone is 4. The van der Waals surface area contributed by atoms with Gasteiger partial charge in [-0.15, -0.1) is 0 Å². The van der Waals surface area contributed by atoms with Gasteiger partial charge in [-0.25, -0.2) is 0 Å². The summed E-state index contributed by atoms with van der Waals surface area (Å²) in [6.45, 7) is 6.65. The van der Waals surface area contributed by atoms with Crippen LogP contribution in [-0.4, -0.2) is 37.2 Å². The second-order valence-electron chi connectivity index (χ2n) is 25.9. The van der Waals surface area contributed by atoms with Crippen molar-refractivity contribution < 1.29 is 28.6 Å². The van der Waals surface area contributed by atoms with Gasteiger partial charge in [0, 0.05) is 19.3 Å². The van der Waals surface area contributed by atoms with Gasteiger partial charge in [0.1, 0.15) is 13.2 Å². The number of unbranched alkanes of at least 4 members (excludes halogenated alkanes) is 56. The van der Waals surface area contributed by atoms with E-state index >= 15 is 0 Å². The van der Waals surface area contributed by atoms with Gasteiger partial charge in [-0.05, 0) is 44.9 Å². The first-order valence-corrected chi connectivity index (χ1v) is 37.8.